The van der Waals surface area contributed by atoms with E-state index in [1.54, 1.807) is 7.11 Å². The summed E-state index contributed by atoms with van der Waals surface area (Å²) in [5.41, 5.74) is 9.23. The Morgan fingerprint density at radius 3 is 2.69 bits per heavy atom. The third kappa shape index (κ3) is 6.05. The summed E-state index contributed by atoms with van der Waals surface area (Å²) in [4.78, 5) is 20.2. The number of anilines is 2. The van der Waals surface area contributed by atoms with Crippen LogP contribution in [0.1, 0.15) is 42.1 Å². The zero-order chi connectivity index (χ0) is 21.4. The molecule has 0 radical (unpaired) electrons. The summed E-state index contributed by atoms with van der Waals surface area (Å²) < 4.78 is 10.3. The van der Waals surface area contributed by atoms with Crippen LogP contribution in [-0.4, -0.2) is 47.9 Å². The molecule has 2 rings (SSSR count). The van der Waals surface area contributed by atoms with Crippen molar-refractivity contribution in [3.63, 3.8) is 0 Å². The molecular weight excluding hydrogens is 372 g/mol. The number of esters is 1. The molecule has 0 bridgehead atoms. The molecule has 1 aromatic heterocycles. The maximum Gasteiger partial charge on any atom is 0.309 e. The summed E-state index contributed by atoms with van der Waals surface area (Å²) in [5.74, 6) is 1.16. The van der Waals surface area contributed by atoms with Crippen molar-refractivity contribution < 1.29 is 19.4 Å². The van der Waals surface area contributed by atoms with Crippen molar-refractivity contribution in [1.82, 2.24) is 9.97 Å². The number of rotatable bonds is 10. The highest BCUT2D eigenvalue weighted by atomic mass is 16.5. The van der Waals surface area contributed by atoms with Crippen molar-refractivity contribution in [1.29, 1.82) is 0 Å². The van der Waals surface area contributed by atoms with Crippen LogP contribution in [0, 0.1) is 6.92 Å². The van der Waals surface area contributed by atoms with E-state index in [0.29, 0.717) is 18.0 Å². The number of methoxy groups -OCH3 is 2. The summed E-state index contributed by atoms with van der Waals surface area (Å²) in [5, 5.41) is 12.9. The SMILES string of the molecule is CCCC(CO)Nc1nc(N)nc(C)c1Cc1ccc(CC(=O)OC)cc1OC. The average Bonchev–Trinajstić information content (AvgIpc) is 2.70. The molecule has 8 nitrogen and oxygen atoms in total. The number of hydrogen-bond donors (Lipinski definition) is 3. The Labute approximate surface area is 171 Å². The van der Waals surface area contributed by atoms with Gasteiger partial charge in [-0.15, -0.1) is 0 Å². The third-order valence-corrected chi connectivity index (χ3v) is 4.72. The number of nitrogen functional groups attached to an aromatic ring is 1. The molecule has 0 saturated carbocycles. The van der Waals surface area contributed by atoms with Crippen LogP contribution in [-0.2, 0) is 22.4 Å². The minimum atomic E-state index is -0.306. The van der Waals surface area contributed by atoms with Gasteiger partial charge >= 0.3 is 5.97 Å². The van der Waals surface area contributed by atoms with Gasteiger partial charge in [0.25, 0.3) is 0 Å². The molecule has 0 amide bonds. The Morgan fingerprint density at radius 2 is 2.07 bits per heavy atom. The smallest absolute Gasteiger partial charge is 0.309 e. The van der Waals surface area contributed by atoms with Gasteiger partial charge in [-0.1, -0.05) is 25.5 Å². The van der Waals surface area contributed by atoms with Crippen molar-refractivity contribution in [2.75, 3.05) is 31.9 Å². The normalized spacial score (nSPS) is 11.8. The second-order valence-electron chi connectivity index (χ2n) is 6.88. The maximum absolute atomic E-state index is 11.5. The van der Waals surface area contributed by atoms with Gasteiger partial charge in [0.1, 0.15) is 11.6 Å². The fourth-order valence-electron chi connectivity index (χ4n) is 3.17. The van der Waals surface area contributed by atoms with E-state index in [0.717, 1.165) is 35.2 Å². The van der Waals surface area contributed by atoms with E-state index in [2.05, 4.69) is 22.2 Å². The first-order valence-electron chi connectivity index (χ1n) is 9.64. The molecule has 0 fully saturated rings. The van der Waals surface area contributed by atoms with Crippen LogP contribution in [0.15, 0.2) is 18.2 Å². The van der Waals surface area contributed by atoms with Gasteiger partial charge in [-0.2, -0.15) is 4.98 Å². The van der Waals surface area contributed by atoms with Gasteiger partial charge in [0.2, 0.25) is 5.95 Å². The lowest BCUT2D eigenvalue weighted by molar-refractivity contribution is -0.139. The van der Waals surface area contributed by atoms with Crippen molar-refractivity contribution in [3.8, 4) is 5.75 Å². The van der Waals surface area contributed by atoms with Crippen molar-refractivity contribution >= 4 is 17.7 Å². The first-order chi connectivity index (χ1) is 13.9. The van der Waals surface area contributed by atoms with Crippen LogP contribution in [0.4, 0.5) is 11.8 Å². The Kier molecular flexibility index (Phi) is 8.21. The standard InChI is InChI=1S/C21H30N4O4/c1-5-6-16(12-26)24-20-17(13(2)23-21(22)25-20)11-15-8-7-14(9-18(15)28-3)10-19(27)29-4/h7-9,16,26H,5-6,10-12H2,1-4H3,(H3,22,23,24,25). The Balaban J connectivity index is 2.36. The molecule has 158 valence electrons. The Hall–Kier alpha value is -2.87. The topological polar surface area (TPSA) is 120 Å². The monoisotopic (exact) mass is 402 g/mol. The molecule has 2 aromatic rings. The number of aromatic nitrogens is 2. The highest BCUT2D eigenvalue weighted by molar-refractivity contribution is 5.72. The lowest BCUT2D eigenvalue weighted by Crippen LogP contribution is -2.25. The molecule has 29 heavy (non-hydrogen) atoms. The average molecular weight is 402 g/mol. The van der Waals surface area contributed by atoms with E-state index in [1.807, 2.05) is 25.1 Å². The minimum Gasteiger partial charge on any atom is -0.496 e. The molecule has 0 aliphatic heterocycles. The Bertz CT molecular complexity index is 842. The summed E-state index contributed by atoms with van der Waals surface area (Å²) in [6.45, 7) is 3.94. The van der Waals surface area contributed by atoms with E-state index >= 15 is 0 Å². The molecule has 0 aliphatic rings. The number of nitrogens with one attached hydrogen (secondary N) is 1. The first-order valence-corrected chi connectivity index (χ1v) is 9.64. The van der Waals surface area contributed by atoms with Crippen LogP contribution >= 0.6 is 0 Å². The predicted molar refractivity (Wildman–Crippen MR) is 112 cm³/mol. The summed E-state index contributed by atoms with van der Waals surface area (Å²) in [7, 11) is 2.96. The molecule has 1 atom stereocenters. The van der Waals surface area contributed by atoms with Gasteiger partial charge in [0.05, 0.1) is 33.3 Å². The third-order valence-electron chi connectivity index (χ3n) is 4.72. The predicted octanol–water partition coefficient (Wildman–Crippen LogP) is 2.26. The number of aryl methyl sites for hydroxylation is 1. The molecule has 0 aliphatic carbocycles. The number of nitrogens with two attached hydrogens (primary N) is 1. The molecule has 4 N–H and O–H groups in total. The zero-order valence-corrected chi connectivity index (χ0v) is 17.5. The van der Waals surface area contributed by atoms with Gasteiger partial charge in [-0.25, -0.2) is 4.98 Å². The summed E-state index contributed by atoms with van der Waals surface area (Å²) in [6, 6.07) is 5.52. The summed E-state index contributed by atoms with van der Waals surface area (Å²) >= 11 is 0. The van der Waals surface area contributed by atoms with Crippen LogP contribution in [0.25, 0.3) is 0 Å². The minimum absolute atomic E-state index is 0.00177. The highest BCUT2D eigenvalue weighted by Crippen LogP contribution is 2.28. The second kappa shape index (κ2) is 10.6. The van der Waals surface area contributed by atoms with Crippen LogP contribution in [0.3, 0.4) is 0 Å². The zero-order valence-electron chi connectivity index (χ0n) is 17.5. The van der Waals surface area contributed by atoms with Crippen LogP contribution < -0.4 is 15.8 Å². The number of ether oxygens (including phenoxy) is 2. The van der Waals surface area contributed by atoms with E-state index < -0.39 is 0 Å². The molecule has 0 spiro atoms. The van der Waals surface area contributed by atoms with Gasteiger partial charge in [0, 0.05) is 17.7 Å². The number of carbonyl (C=O) groups is 1. The van der Waals surface area contributed by atoms with Crippen molar-refractivity contribution in [3.05, 3.63) is 40.6 Å². The van der Waals surface area contributed by atoms with Gasteiger partial charge in [-0.3, -0.25) is 4.79 Å². The van der Waals surface area contributed by atoms with Crippen LogP contribution in [0.2, 0.25) is 0 Å². The molecule has 8 heteroatoms. The number of benzene rings is 1. The van der Waals surface area contributed by atoms with E-state index in [9.17, 15) is 9.90 Å². The fraction of sp³-hybridized carbons (Fsp3) is 0.476. The quantitative estimate of drug-likeness (QED) is 0.518. The molecule has 1 unspecified atom stereocenters. The summed E-state index contributed by atoms with van der Waals surface area (Å²) in [6.07, 6.45) is 2.44. The molecule has 0 saturated heterocycles. The number of hydrogen-bond acceptors (Lipinski definition) is 8. The number of carbonyl (C=O) groups excluding carboxylic acids is 1. The van der Waals surface area contributed by atoms with Gasteiger partial charge in [0.15, 0.2) is 0 Å². The van der Waals surface area contributed by atoms with E-state index in [-0.39, 0.29) is 31.0 Å². The van der Waals surface area contributed by atoms with Crippen molar-refractivity contribution in [2.24, 2.45) is 0 Å². The van der Waals surface area contributed by atoms with Crippen molar-refractivity contribution in [2.45, 2.75) is 45.6 Å². The molecular formula is C21H30N4O4. The Morgan fingerprint density at radius 1 is 1.31 bits per heavy atom. The largest absolute Gasteiger partial charge is 0.496 e. The number of aliphatic hydroxyl groups is 1. The van der Waals surface area contributed by atoms with E-state index in [1.165, 1.54) is 7.11 Å². The number of nitrogens with zero attached hydrogens (tertiary/aromatic N) is 2. The first kappa shape index (κ1) is 22.4. The van der Waals surface area contributed by atoms with Gasteiger partial charge < -0.3 is 25.6 Å². The lowest BCUT2D eigenvalue weighted by atomic mass is 10.00. The van der Waals surface area contributed by atoms with E-state index in [4.69, 9.17) is 15.2 Å². The maximum atomic E-state index is 11.5. The second-order valence-corrected chi connectivity index (χ2v) is 6.88. The number of aliphatic hydroxyl groups excluding tert-OH is 1. The molecule has 1 heterocycles. The van der Waals surface area contributed by atoms with Gasteiger partial charge in [-0.05, 0) is 30.5 Å². The highest BCUT2D eigenvalue weighted by Gasteiger charge is 2.17. The molecule has 1 aromatic carbocycles. The van der Waals surface area contributed by atoms with Crippen LogP contribution in [0.5, 0.6) is 5.75 Å². The fourth-order valence-corrected chi connectivity index (χ4v) is 3.17. The lowest BCUT2D eigenvalue weighted by Gasteiger charge is -2.20.